The van der Waals surface area contributed by atoms with Crippen LogP contribution >= 0.6 is 0 Å². The molecule has 0 saturated heterocycles. The number of aliphatic hydroxyl groups is 2. The maximum Gasteiger partial charge on any atom is 0.306 e. The maximum absolute atomic E-state index is 13.1. The number of carbonyl (C=O) groups excluding carboxylic acids is 2. The summed E-state index contributed by atoms with van der Waals surface area (Å²) in [6.07, 6.45) is 52.0. The van der Waals surface area contributed by atoms with Gasteiger partial charge in [-0.25, -0.2) is 0 Å². The first-order chi connectivity index (χ1) is 27.5. The molecule has 0 heterocycles. The minimum absolute atomic E-state index is 0.0316. The van der Waals surface area contributed by atoms with E-state index in [0.717, 1.165) is 70.6 Å². The van der Waals surface area contributed by atoms with Crippen LogP contribution in [0.2, 0.25) is 0 Å². The first-order valence-corrected chi connectivity index (χ1v) is 23.9. The molecule has 0 aliphatic heterocycles. The van der Waals surface area contributed by atoms with Gasteiger partial charge < -0.3 is 20.3 Å². The number of esters is 1. The molecule has 56 heavy (non-hydrogen) atoms. The lowest BCUT2D eigenvalue weighted by Gasteiger charge is -2.23. The minimum Gasteiger partial charge on any atom is -0.458 e. The number of aliphatic hydroxyl groups excluding tert-OH is 2. The van der Waals surface area contributed by atoms with Gasteiger partial charge in [-0.2, -0.15) is 0 Å². The molecule has 0 spiro atoms. The molecule has 0 aromatic heterocycles. The van der Waals surface area contributed by atoms with E-state index in [9.17, 15) is 19.8 Å². The molecule has 0 rings (SSSR count). The molecular weight excluding hydrogens is 695 g/mol. The molecule has 326 valence electrons. The molecule has 0 aromatic rings. The van der Waals surface area contributed by atoms with Gasteiger partial charge in [-0.1, -0.05) is 205 Å². The summed E-state index contributed by atoms with van der Waals surface area (Å²) in [7, 11) is 0. The van der Waals surface area contributed by atoms with Crippen LogP contribution in [0.15, 0.2) is 48.6 Å². The average Bonchev–Trinajstić information content (AvgIpc) is 3.19. The lowest BCUT2D eigenvalue weighted by Crippen LogP contribution is -2.46. The molecule has 0 saturated carbocycles. The van der Waals surface area contributed by atoms with Crippen molar-refractivity contribution in [2.24, 2.45) is 0 Å². The molecular formula is C50H91NO5. The number of allylic oxidation sites excluding steroid dienone is 7. The topological polar surface area (TPSA) is 95.9 Å². The number of hydrogen-bond donors (Lipinski definition) is 3. The van der Waals surface area contributed by atoms with E-state index < -0.39 is 18.2 Å². The van der Waals surface area contributed by atoms with E-state index in [2.05, 4.69) is 62.5 Å². The van der Waals surface area contributed by atoms with Crippen LogP contribution < -0.4 is 5.32 Å². The Morgan fingerprint density at radius 2 is 1.00 bits per heavy atom. The Hall–Kier alpha value is -2.18. The number of carbonyl (C=O) groups is 2. The number of nitrogens with one attached hydrogen (secondary N) is 1. The van der Waals surface area contributed by atoms with Crippen LogP contribution in [0, 0.1) is 0 Å². The Balaban J connectivity index is 4.65. The fourth-order valence-corrected chi connectivity index (χ4v) is 7.02. The van der Waals surface area contributed by atoms with Gasteiger partial charge in [0.1, 0.15) is 6.10 Å². The molecule has 0 bridgehead atoms. The second kappa shape index (κ2) is 43.9. The van der Waals surface area contributed by atoms with Gasteiger partial charge in [0.25, 0.3) is 0 Å². The van der Waals surface area contributed by atoms with E-state index in [1.807, 2.05) is 12.2 Å². The van der Waals surface area contributed by atoms with Gasteiger partial charge in [-0.15, -0.1) is 0 Å². The van der Waals surface area contributed by atoms with Crippen molar-refractivity contribution in [3.8, 4) is 0 Å². The monoisotopic (exact) mass is 786 g/mol. The van der Waals surface area contributed by atoms with Crippen molar-refractivity contribution in [1.29, 1.82) is 0 Å². The fourth-order valence-electron chi connectivity index (χ4n) is 7.02. The third kappa shape index (κ3) is 38.7. The summed E-state index contributed by atoms with van der Waals surface area (Å²) in [5.41, 5.74) is 0. The van der Waals surface area contributed by atoms with E-state index in [1.54, 1.807) is 0 Å². The molecule has 6 nitrogen and oxygen atoms in total. The number of amides is 1. The Labute approximate surface area is 346 Å². The molecule has 0 aliphatic rings. The van der Waals surface area contributed by atoms with Crippen LogP contribution in [0.25, 0.3) is 0 Å². The van der Waals surface area contributed by atoms with Gasteiger partial charge in [0.2, 0.25) is 5.91 Å². The van der Waals surface area contributed by atoms with Gasteiger partial charge in [0.15, 0.2) is 0 Å². The highest BCUT2D eigenvalue weighted by Crippen LogP contribution is 2.16. The third-order valence-electron chi connectivity index (χ3n) is 10.6. The number of unbranched alkanes of at least 4 members (excludes halogenated alkanes) is 24. The second-order valence-electron chi connectivity index (χ2n) is 16.1. The summed E-state index contributed by atoms with van der Waals surface area (Å²) in [5.74, 6) is -0.611. The largest absolute Gasteiger partial charge is 0.458 e. The zero-order valence-corrected chi connectivity index (χ0v) is 37.0. The first kappa shape index (κ1) is 53.8. The highest BCUT2D eigenvalue weighted by atomic mass is 16.5. The van der Waals surface area contributed by atoms with E-state index >= 15 is 0 Å². The average molecular weight is 786 g/mol. The van der Waals surface area contributed by atoms with Crippen molar-refractivity contribution in [3.63, 3.8) is 0 Å². The predicted molar refractivity (Wildman–Crippen MR) is 241 cm³/mol. The van der Waals surface area contributed by atoms with Crippen molar-refractivity contribution >= 4 is 11.9 Å². The second-order valence-corrected chi connectivity index (χ2v) is 16.1. The molecule has 1 amide bonds. The normalized spacial score (nSPS) is 13.7. The summed E-state index contributed by atoms with van der Waals surface area (Å²) >= 11 is 0. The van der Waals surface area contributed by atoms with Gasteiger partial charge >= 0.3 is 5.97 Å². The molecule has 0 fully saturated rings. The summed E-state index contributed by atoms with van der Waals surface area (Å²) in [6.45, 7) is 6.32. The van der Waals surface area contributed by atoms with Crippen LogP contribution in [0.1, 0.15) is 233 Å². The van der Waals surface area contributed by atoms with E-state index in [0.29, 0.717) is 12.8 Å². The van der Waals surface area contributed by atoms with Gasteiger partial charge in [0, 0.05) is 6.42 Å². The predicted octanol–water partition coefficient (Wildman–Crippen LogP) is 13.9. The number of ether oxygens (including phenoxy) is 1. The molecule has 0 radical (unpaired) electrons. The smallest absolute Gasteiger partial charge is 0.306 e. The summed E-state index contributed by atoms with van der Waals surface area (Å²) < 4.78 is 5.80. The van der Waals surface area contributed by atoms with Gasteiger partial charge in [0.05, 0.1) is 25.2 Å². The van der Waals surface area contributed by atoms with Crippen LogP contribution in [-0.2, 0) is 14.3 Å². The Bertz CT molecular complexity index is 972. The molecule has 0 aliphatic carbocycles. The molecule has 3 N–H and O–H groups in total. The highest BCUT2D eigenvalue weighted by Gasteiger charge is 2.23. The minimum atomic E-state index is -0.810. The standard InChI is InChI=1S/C50H91NO5/c1-4-7-10-13-16-19-22-24-25-28-31-34-37-40-43-50(55)56-46(41-38-35-32-29-26-21-18-15-12-9-6-3)44-49(54)51-47(45-52)48(53)42-39-36-33-30-27-23-20-17-14-11-8-5-2/h7,10,16,19,29,32,38,41,46-48,52-53H,4-6,8-9,11-15,17-18,20-28,30-31,33-37,39-40,42-45H2,1-3H3,(H,51,54)/b10-7+,19-16+,32-29-,41-38+. The van der Waals surface area contributed by atoms with Gasteiger partial charge in [-0.3, -0.25) is 9.59 Å². The van der Waals surface area contributed by atoms with Crippen LogP contribution in [-0.4, -0.2) is 46.9 Å². The SMILES string of the molecule is CC/C=C/C/C=C/CCCCCCCCCC(=O)OC(/C=C/C/C=C\CCCCCCCC)CC(=O)NC(CO)C(O)CCCCCCCCCCCCCC. The first-order valence-electron chi connectivity index (χ1n) is 23.9. The fraction of sp³-hybridized carbons (Fsp3) is 0.800. The number of hydrogen-bond acceptors (Lipinski definition) is 5. The van der Waals surface area contributed by atoms with Crippen molar-refractivity contribution in [2.45, 2.75) is 251 Å². The maximum atomic E-state index is 13.1. The third-order valence-corrected chi connectivity index (χ3v) is 10.6. The van der Waals surface area contributed by atoms with Crippen molar-refractivity contribution in [1.82, 2.24) is 5.32 Å². The quantitative estimate of drug-likeness (QED) is 0.0325. The van der Waals surface area contributed by atoms with Crippen molar-refractivity contribution < 1.29 is 24.5 Å². The molecule has 3 unspecified atom stereocenters. The Kier molecular flexibility index (Phi) is 42.2. The molecule has 0 aromatic carbocycles. The Morgan fingerprint density at radius 1 is 0.554 bits per heavy atom. The zero-order valence-electron chi connectivity index (χ0n) is 37.0. The number of rotatable bonds is 42. The van der Waals surface area contributed by atoms with Crippen LogP contribution in [0.3, 0.4) is 0 Å². The van der Waals surface area contributed by atoms with Crippen molar-refractivity contribution in [3.05, 3.63) is 48.6 Å². The zero-order chi connectivity index (χ0) is 41.0. The lowest BCUT2D eigenvalue weighted by atomic mass is 10.0. The highest BCUT2D eigenvalue weighted by molar-refractivity contribution is 5.78. The lowest BCUT2D eigenvalue weighted by molar-refractivity contribution is -0.148. The summed E-state index contributed by atoms with van der Waals surface area (Å²) in [6, 6.07) is -0.732. The van der Waals surface area contributed by atoms with Gasteiger partial charge in [-0.05, 0) is 63.9 Å². The summed E-state index contributed by atoms with van der Waals surface area (Å²) in [4.78, 5) is 25.9. The van der Waals surface area contributed by atoms with Crippen LogP contribution in [0.4, 0.5) is 0 Å². The molecule has 6 heteroatoms. The van der Waals surface area contributed by atoms with Crippen molar-refractivity contribution in [2.75, 3.05) is 6.61 Å². The van der Waals surface area contributed by atoms with E-state index in [-0.39, 0.29) is 24.9 Å². The Morgan fingerprint density at radius 3 is 1.50 bits per heavy atom. The van der Waals surface area contributed by atoms with E-state index in [4.69, 9.17) is 4.74 Å². The summed E-state index contributed by atoms with van der Waals surface area (Å²) in [5, 5.41) is 23.6. The molecule has 3 atom stereocenters. The van der Waals surface area contributed by atoms with Crippen LogP contribution in [0.5, 0.6) is 0 Å². The van der Waals surface area contributed by atoms with E-state index in [1.165, 1.54) is 122 Å².